The fourth-order valence-electron chi connectivity index (χ4n) is 2.66. The molecule has 20 heavy (non-hydrogen) atoms. The van der Waals surface area contributed by atoms with Crippen LogP contribution in [0.1, 0.15) is 18.4 Å². The van der Waals surface area contributed by atoms with Crippen molar-refractivity contribution in [2.45, 2.75) is 25.5 Å². The smallest absolute Gasteiger partial charge is 0.203 e. The fourth-order valence-corrected chi connectivity index (χ4v) is 2.66. The van der Waals surface area contributed by atoms with Crippen LogP contribution in [-0.2, 0) is 6.54 Å². The predicted octanol–water partition coefficient (Wildman–Crippen LogP) is 1.67. The Morgan fingerprint density at radius 3 is 2.30 bits per heavy atom. The standard InChI is InChI=1S/C15H23NO4/c1-18-13-7-11(8-14(19-2)15(13)20-3)9-16-6-4-5-12(17)10-16/h7-8,12,17H,4-6,9-10H2,1-3H3/t12-/m0/s1. The van der Waals surface area contributed by atoms with Crippen LogP contribution >= 0.6 is 0 Å². The second kappa shape index (κ2) is 6.81. The van der Waals surface area contributed by atoms with E-state index in [9.17, 15) is 5.11 Å². The average Bonchev–Trinajstić information content (AvgIpc) is 2.46. The molecular weight excluding hydrogens is 258 g/mol. The van der Waals surface area contributed by atoms with Crippen molar-refractivity contribution in [3.05, 3.63) is 17.7 Å². The summed E-state index contributed by atoms with van der Waals surface area (Å²) in [6.45, 7) is 2.50. The maximum Gasteiger partial charge on any atom is 0.203 e. The van der Waals surface area contributed by atoms with Crippen LogP contribution in [0, 0.1) is 0 Å². The highest BCUT2D eigenvalue weighted by atomic mass is 16.5. The molecule has 0 amide bonds. The van der Waals surface area contributed by atoms with Crippen molar-refractivity contribution in [1.82, 2.24) is 4.90 Å². The van der Waals surface area contributed by atoms with Crippen molar-refractivity contribution in [2.24, 2.45) is 0 Å². The molecular formula is C15H23NO4. The van der Waals surface area contributed by atoms with Crippen LogP contribution in [0.25, 0.3) is 0 Å². The Bertz CT molecular complexity index is 424. The van der Waals surface area contributed by atoms with Gasteiger partial charge in [0.05, 0.1) is 27.4 Å². The summed E-state index contributed by atoms with van der Waals surface area (Å²) in [5.41, 5.74) is 1.09. The van der Waals surface area contributed by atoms with E-state index in [0.29, 0.717) is 17.2 Å². The van der Waals surface area contributed by atoms with E-state index in [1.807, 2.05) is 12.1 Å². The molecule has 112 valence electrons. The molecule has 1 N–H and O–H groups in total. The van der Waals surface area contributed by atoms with Gasteiger partial charge in [-0.1, -0.05) is 0 Å². The number of benzene rings is 1. The summed E-state index contributed by atoms with van der Waals surface area (Å²) in [5, 5.41) is 9.73. The molecule has 1 aliphatic rings. The van der Waals surface area contributed by atoms with Crippen molar-refractivity contribution in [3.8, 4) is 17.2 Å². The number of hydrogen-bond donors (Lipinski definition) is 1. The molecule has 2 rings (SSSR count). The molecule has 0 aromatic heterocycles. The van der Waals surface area contributed by atoms with Crippen molar-refractivity contribution in [3.63, 3.8) is 0 Å². The second-order valence-electron chi connectivity index (χ2n) is 5.06. The zero-order valence-corrected chi connectivity index (χ0v) is 12.4. The van der Waals surface area contributed by atoms with E-state index in [1.165, 1.54) is 0 Å². The quantitative estimate of drug-likeness (QED) is 0.889. The minimum Gasteiger partial charge on any atom is -0.493 e. The summed E-state index contributed by atoms with van der Waals surface area (Å²) in [5.74, 6) is 1.94. The third kappa shape index (κ3) is 3.35. The first kappa shape index (κ1) is 14.9. The monoisotopic (exact) mass is 281 g/mol. The van der Waals surface area contributed by atoms with Crippen molar-refractivity contribution in [2.75, 3.05) is 34.4 Å². The second-order valence-corrected chi connectivity index (χ2v) is 5.06. The molecule has 5 nitrogen and oxygen atoms in total. The normalized spacial score (nSPS) is 19.7. The Morgan fingerprint density at radius 1 is 1.15 bits per heavy atom. The van der Waals surface area contributed by atoms with Gasteiger partial charge in [-0.25, -0.2) is 0 Å². The number of rotatable bonds is 5. The number of aliphatic hydroxyl groups excluding tert-OH is 1. The highest BCUT2D eigenvalue weighted by Crippen LogP contribution is 2.38. The van der Waals surface area contributed by atoms with Gasteiger partial charge >= 0.3 is 0 Å². The topological polar surface area (TPSA) is 51.2 Å². The minimum atomic E-state index is -0.217. The van der Waals surface area contributed by atoms with Crippen LogP contribution in [-0.4, -0.2) is 50.5 Å². The Kier molecular flexibility index (Phi) is 5.09. The van der Waals surface area contributed by atoms with Crippen LogP contribution in [0.4, 0.5) is 0 Å². The van der Waals surface area contributed by atoms with E-state index in [0.717, 1.165) is 38.0 Å². The molecule has 0 aliphatic carbocycles. The molecule has 0 spiro atoms. The number of methoxy groups -OCH3 is 3. The molecule has 0 unspecified atom stereocenters. The van der Waals surface area contributed by atoms with E-state index in [-0.39, 0.29) is 6.10 Å². The van der Waals surface area contributed by atoms with Crippen LogP contribution in [0.5, 0.6) is 17.2 Å². The van der Waals surface area contributed by atoms with Gasteiger partial charge in [0.1, 0.15) is 0 Å². The summed E-state index contributed by atoms with van der Waals surface area (Å²) in [6.07, 6.45) is 1.71. The van der Waals surface area contributed by atoms with Crippen LogP contribution in [0.3, 0.4) is 0 Å². The summed E-state index contributed by atoms with van der Waals surface area (Å²) in [7, 11) is 4.83. The Balaban J connectivity index is 2.19. The molecule has 1 fully saturated rings. The van der Waals surface area contributed by atoms with Crippen LogP contribution < -0.4 is 14.2 Å². The van der Waals surface area contributed by atoms with Crippen molar-refractivity contribution < 1.29 is 19.3 Å². The van der Waals surface area contributed by atoms with Gasteiger partial charge in [-0.3, -0.25) is 4.90 Å². The van der Waals surface area contributed by atoms with Gasteiger partial charge in [0.25, 0.3) is 0 Å². The first-order valence-corrected chi connectivity index (χ1v) is 6.87. The lowest BCUT2D eigenvalue weighted by atomic mass is 10.1. The molecule has 1 atom stereocenters. The number of hydrogen-bond acceptors (Lipinski definition) is 5. The highest BCUT2D eigenvalue weighted by Gasteiger charge is 2.19. The lowest BCUT2D eigenvalue weighted by molar-refractivity contribution is 0.0668. The lowest BCUT2D eigenvalue weighted by Crippen LogP contribution is -2.37. The zero-order valence-electron chi connectivity index (χ0n) is 12.4. The van der Waals surface area contributed by atoms with Crippen molar-refractivity contribution in [1.29, 1.82) is 0 Å². The van der Waals surface area contributed by atoms with Gasteiger partial charge in [-0.2, -0.15) is 0 Å². The molecule has 0 radical (unpaired) electrons. The lowest BCUT2D eigenvalue weighted by Gasteiger charge is -2.30. The Labute approximate surface area is 120 Å². The van der Waals surface area contributed by atoms with E-state index < -0.39 is 0 Å². The number of ether oxygens (including phenoxy) is 3. The first-order chi connectivity index (χ1) is 9.67. The SMILES string of the molecule is COc1cc(CN2CCC[C@H](O)C2)cc(OC)c1OC. The van der Waals surface area contributed by atoms with Gasteiger partial charge in [0.15, 0.2) is 11.5 Å². The molecule has 1 heterocycles. The number of aliphatic hydroxyl groups is 1. The van der Waals surface area contributed by atoms with Gasteiger partial charge < -0.3 is 19.3 Å². The third-order valence-electron chi connectivity index (χ3n) is 3.61. The van der Waals surface area contributed by atoms with Gasteiger partial charge in [-0.05, 0) is 37.1 Å². The molecule has 1 aromatic rings. The van der Waals surface area contributed by atoms with E-state index >= 15 is 0 Å². The van der Waals surface area contributed by atoms with E-state index in [1.54, 1.807) is 21.3 Å². The molecule has 0 bridgehead atoms. The molecule has 1 aliphatic heterocycles. The third-order valence-corrected chi connectivity index (χ3v) is 3.61. The van der Waals surface area contributed by atoms with Crippen LogP contribution in [0.15, 0.2) is 12.1 Å². The maximum absolute atomic E-state index is 9.73. The molecule has 0 saturated carbocycles. The Hall–Kier alpha value is -1.46. The summed E-state index contributed by atoms with van der Waals surface area (Å²) < 4.78 is 16.0. The average molecular weight is 281 g/mol. The van der Waals surface area contributed by atoms with Gasteiger partial charge in [-0.15, -0.1) is 0 Å². The van der Waals surface area contributed by atoms with E-state index in [4.69, 9.17) is 14.2 Å². The van der Waals surface area contributed by atoms with Gasteiger partial charge in [0, 0.05) is 13.1 Å². The largest absolute Gasteiger partial charge is 0.493 e. The maximum atomic E-state index is 9.73. The summed E-state index contributed by atoms with van der Waals surface area (Å²) in [4.78, 5) is 2.24. The number of β-amino-alcohol motifs (C(OH)–C–C–N with tert-alkyl or cyclic N) is 1. The number of nitrogens with zero attached hydrogens (tertiary/aromatic N) is 1. The predicted molar refractivity (Wildman–Crippen MR) is 76.6 cm³/mol. The minimum absolute atomic E-state index is 0.217. The zero-order chi connectivity index (χ0) is 14.5. The Morgan fingerprint density at radius 2 is 1.80 bits per heavy atom. The van der Waals surface area contributed by atoms with Crippen LogP contribution in [0.2, 0.25) is 0 Å². The number of likely N-dealkylation sites (tertiary alicyclic amines) is 1. The fraction of sp³-hybridized carbons (Fsp3) is 0.600. The first-order valence-electron chi connectivity index (χ1n) is 6.87. The van der Waals surface area contributed by atoms with E-state index in [2.05, 4.69) is 4.90 Å². The van der Waals surface area contributed by atoms with Crippen molar-refractivity contribution >= 4 is 0 Å². The highest BCUT2D eigenvalue weighted by molar-refractivity contribution is 5.53. The molecule has 1 saturated heterocycles. The summed E-state index contributed by atoms with van der Waals surface area (Å²) >= 11 is 0. The number of piperidine rings is 1. The summed E-state index contributed by atoms with van der Waals surface area (Å²) in [6, 6.07) is 3.92. The molecule has 1 aromatic carbocycles. The van der Waals surface area contributed by atoms with Gasteiger partial charge in [0.2, 0.25) is 5.75 Å². The molecule has 5 heteroatoms.